The average Bonchev–Trinajstić information content (AvgIpc) is 3.38. The fourth-order valence-electron chi connectivity index (χ4n) is 7.61. The Hall–Kier alpha value is -2.05. The minimum atomic E-state index is -0.999. The molecule has 0 aromatic carbocycles. The number of nitrogens with zero attached hydrogens (tertiary/aromatic N) is 2. The number of hydrogen-bond donors (Lipinski definition) is 3. The molecule has 0 spiro atoms. The molecule has 1 aromatic rings. The Balaban J connectivity index is 1.45. The van der Waals surface area contributed by atoms with Gasteiger partial charge in [0.05, 0.1) is 6.04 Å². The zero-order chi connectivity index (χ0) is 22.7. The number of aromatic nitrogens is 2. The molecular formula is C25H38N4O3. The van der Waals surface area contributed by atoms with E-state index in [0.29, 0.717) is 24.1 Å². The van der Waals surface area contributed by atoms with Crippen molar-refractivity contribution >= 4 is 12.0 Å². The highest BCUT2D eigenvalue weighted by molar-refractivity contribution is 5.94. The fraction of sp³-hybridized carbons (Fsp3) is 0.800. The first kappa shape index (κ1) is 21.8. The van der Waals surface area contributed by atoms with E-state index in [9.17, 15) is 14.7 Å². The summed E-state index contributed by atoms with van der Waals surface area (Å²) < 4.78 is 2.15. The smallest absolute Gasteiger partial charge is 0.404 e. The van der Waals surface area contributed by atoms with Gasteiger partial charge in [0, 0.05) is 23.3 Å². The standard InChI is InChI=1S/C25H38N4O3/c1-24(2)15-11-12-25(3,14-15)22(24)27-21(30)20-18-13-16(26-23(31)32)9-10-19(18)29(28-20)17-7-5-4-6-8-17/h15-17,22,26H,4-14H2,1-3H3,(H,27,30)(H,31,32). The third-order valence-electron chi connectivity index (χ3n) is 9.31. The van der Waals surface area contributed by atoms with E-state index in [0.717, 1.165) is 36.9 Å². The first-order chi connectivity index (χ1) is 15.2. The lowest BCUT2D eigenvalue weighted by atomic mass is 9.68. The molecule has 7 heteroatoms. The maximum Gasteiger partial charge on any atom is 0.404 e. The molecule has 2 amide bonds. The topological polar surface area (TPSA) is 96.3 Å². The SMILES string of the molecule is CC12CCC(C1)C(C)(C)C2NC(=O)c1nn(C2CCCCC2)c2c1CC(NC(=O)O)CC2. The molecule has 3 fully saturated rings. The average molecular weight is 443 g/mol. The van der Waals surface area contributed by atoms with E-state index in [1.54, 1.807) is 0 Å². The van der Waals surface area contributed by atoms with Crippen molar-refractivity contribution in [2.24, 2.45) is 16.7 Å². The van der Waals surface area contributed by atoms with Crippen LogP contribution in [0.5, 0.6) is 0 Å². The number of rotatable bonds is 4. The molecule has 1 heterocycles. The molecule has 3 N–H and O–H groups in total. The van der Waals surface area contributed by atoms with Gasteiger partial charge in [0.1, 0.15) is 0 Å². The zero-order valence-corrected chi connectivity index (χ0v) is 19.7. The fourth-order valence-corrected chi connectivity index (χ4v) is 7.61. The van der Waals surface area contributed by atoms with Crippen LogP contribution in [0.3, 0.4) is 0 Å². The van der Waals surface area contributed by atoms with Crippen molar-refractivity contribution in [3.63, 3.8) is 0 Å². The highest BCUT2D eigenvalue weighted by atomic mass is 16.4. The van der Waals surface area contributed by atoms with Crippen LogP contribution in [-0.4, -0.2) is 39.0 Å². The molecule has 176 valence electrons. The summed E-state index contributed by atoms with van der Waals surface area (Å²) in [6.07, 6.45) is 10.6. The van der Waals surface area contributed by atoms with Gasteiger partial charge in [0.25, 0.3) is 5.91 Å². The summed E-state index contributed by atoms with van der Waals surface area (Å²) in [7, 11) is 0. The van der Waals surface area contributed by atoms with Crippen LogP contribution in [0.25, 0.3) is 0 Å². The van der Waals surface area contributed by atoms with Crippen molar-refractivity contribution in [2.75, 3.05) is 0 Å². The molecule has 3 saturated carbocycles. The van der Waals surface area contributed by atoms with Crippen LogP contribution in [0.15, 0.2) is 0 Å². The van der Waals surface area contributed by atoms with Gasteiger partial charge in [-0.3, -0.25) is 9.48 Å². The van der Waals surface area contributed by atoms with Crippen molar-refractivity contribution in [2.45, 2.75) is 110 Å². The van der Waals surface area contributed by atoms with E-state index < -0.39 is 6.09 Å². The predicted molar refractivity (Wildman–Crippen MR) is 122 cm³/mol. The van der Waals surface area contributed by atoms with E-state index in [4.69, 9.17) is 5.10 Å². The Morgan fingerprint density at radius 3 is 2.47 bits per heavy atom. The second kappa shape index (κ2) is 7.77. The minimum absolute atomic E-state index is 0.0707. The van der Waals surface area contributed by atoms with E-state index in [2.05, 4.69) is 36.1 Å². The second-order valence-corrected chi connectivity index (χ2v) is 11.7. The van der Waals surface area contributed by atoms with Gasteiger partial charge in [-0.05, 0) is 68.1 Å². The molecule has 1 aromatic heterocycles. The first-order valence-electron chi connectivity index (χ1n) is 12.6. The summed E-state index contributed by atoms with van der Waals surface area (Å²) in [6.45, 7) is 6.93. The Bertz CT molecular complexity index is 912. The molecule has 5 rings (SSSR count). The van der Waals surface area contributed by atoms with E-state index in [1.165, 1.54) is 38.5 Å². The maximum absolute atomic E-state index is 13.7. The van der Waals surface area contributed by atoms with E-state index in [-0.39, 0.29) is 28.8 Å². The second-order valence-electron chi connectivity index (χ2n) is 11.7. The molecule has 4 unspecified atom stereocenters. The normalized spacial score (nSPS) is 33.7. The lowest BCUT2D eigenvalue weighted by Crippen LogP contribution is -2.52. The molecule has 4 aliphatic rings. The van der Waals surface area contributed by atoms with Crippen molar-refractivity contribution in [3.8, 4) is 0 Å². The van der Waals surface area contributed by atoms with Gasteiger partial charge in [0.2, 0.25) is 0 Å². The van der Waals surface area contributed by atoms with Crippen LogP contribution in [-0.2, 0) is 12.8 Å². The summed E-state index contributed by atoms with van der Waals surface area (Å²) in [5.74, 6) is 0.592. The minimum Gasteiger partial charge on any atom is -0.465 e. The van der Waals surface area contributed by atoms with Crippen LogP contribution in [0.4, 0.5) is 4.79 Å². The van der Waals surface area contributed by atoms with Crippen molar-refractivity contribution in [3.05, 3.63) is 17.0 Å². The van der Waals surface area contributed by atoms with Crippen LogP contribution in [0, 0.1) is 16.7 Å². The number of amides is 2. The number of hydrogen-bond acceptors (Lipinski definition) is 3. The molecular weight excluding hydrogens is 404 g/mol. The predicted octanol–water partition coefficient (Wildman–Crippen LogP) is 4.46. The summed E-state index contributed by atoms with van der Waals surface area (Å²) in [5.41, 5.74) is 2.89. The highest BCUT2D eigenvalue weighted by Gasteiger charge is 2.59. The van der Waals surface area contributed by atoms with Gasteiger partial charge in [-0.25, -0.2) is 4.79 Å². The van der Waals surface area contributed by atoms with Gasteiger partial charge in [-0.2, -0.15) is 5.10 Å². The highest BCUT2D eigenvalue weighted by Crippen LogP contribution is 2.62. The summed E-state index contributed by atoms with van der Waals surface area (Å²) >= 11 is 0. The van der Waals surface area contributed by atoms with Crippen LogP contribution in [0.1, 0.15) is 106 Å². The van der Waals surface area contributed by atoms with Gasteiger partial charge >= 0.3 is 6.09 Å². The van der Waals surface area contributed by atoms with Gasteiger partial charge < -0.3 is 15.7 Å². The lowest BCUT2D eigenvalue weighted by molar-refractivity contribution is 0.0731. The number of carboxylic acid groups (broad SMARTS) is 1. The monoisotopic (exact) mass is 442 g/mol. The first-order valence-corrected chi connectivity index (χ1v) is 12.6. The number of carbonyl (C=O) groups is 2. The summed E-state index contributed by atoms with van der Waals surface area (Å²) in [5, 5.41) is 20.2. The molecule has 7 nitrogen and oxygen atoms in total. The van der Waals surface area contributed by atoms with E-state index in [1.807, 2.05) is 0 Å². The molecule has 4 atom stereocenters. The molecule has 0 aliphatic heterocycles. The maximum atomic E-state index is 13.7. The molecule has 4 aliphatic carbocycles. The van der Waals surface area contributed by atoms with Crippen LogP contribution >= 0.6 is 0 Å². The number of fused-ring (bicyclic) bond motifs is 3. The van der Waals surface area contributed by atoms with E-state index >= 15 is 0 Å². The van der Waals surface area contributed by atoms with Crippen molar-refractivity contribution in [1.29, 1.82) is 0 Å². The Morgan fingerprint density at radius 1 is 1.06 bits per heavy atom. The Labute approximate surface area is 190 Å². The summed E-state index contributed by atoms with van der Waals surface area (Å²) in [4.78, 5) is 24.9. The molecule has 0 radical (unpaired) electrons. The molecule has 2 bridgehead atoms. The largest absolute Gasteiger partial charge is 0.465 e. The summed E-state index contributed by atoms with van der Waals surface area (Å²) in [6, 6.07) is 0.347. The van der Waals surface area contributed by atoms with Crippen LogP contribution < -0.4 is 10.6 Å². The quantitative estimate of drug-likeness (QED) is 0.641. The zero-order valence-electron chi connectivity index (χ0n) is 19.7. The number of nitrogens with one attached hydrogen (secondary N) is 2. The Morgan fingerprint density at radius 2 is 1.81 bits per heavy atom. The van der Waals surface area contributed by atoms with Crippen LogP contribution in [0.2, 0.25) is 0 Å². The van der Waals surface area contributed by atoms with Gasteiger partial charge in [-0.15, -0.1) is 0 Å². The molecule has 0 saturated heterocycles. The van der Waals surface area contributed by atoms with Gasteiger partial charge in [-0.1, -0.05) is 40.0 Å². The Kier molecular flexibility index (Phi) is 5.29. The van der Waals surface area contributed by atoms with Gasteiger partial charge in [0.15, 0.2) is 5.69 Å². The third-order valence-corrected chi connectivity index (χ3v) is 9.31. The third kappa shape index (κ3) is 3.52. The van der Waals surface area contributed by atoms with Crippen molar-refractivity contribution < 1.29 is 14.7 Å². The van der Waals surface area contributed by atoms with Crippen molar-refractivity contribution in [1.82, 2.24) is 20.4 Å². The number of carbonyl (C=O) groups excluding carboxylic acids is 1. The lowest BCUT2D eigenvalue weighted by Gasteiger charge is -2.43. The molecule has 32 heavy (non-hydrogen) atoms.